The number of hydrogen-bond acceptors (Lipinski definition) is 4. The van der Waals surface area contributed by atoms with Crippen molar-refractivity contribution in [2.75, 3.05) is 26.7 Å². The summed E-state index contributed by atoms with van der Waals surface area (Å²) in [5.74, 6) is -0.278. The molecule has 0 saturated carbocycles. The van der Waals surface area contributed by atoms with Crippen LogP contribution in [-0.2, 0) is 14.8 Å². The second-order valence-corrected chi connectivity index (χ2v) is 7.30. The van der Waals surface area contributed by atoms with E-state index in [1.807, 2.05) is 6.92 Å². The van der Waals surface area contributed by atoms with E-state index in [1.54, 1.807) is 4.90 Å². The summed E-state index contributed by atoms with van der Waals surface area (Å²) in [4.78, 5) is 14.3. The van der Waals surface area contributed by atoms with Crippen molar-refractivity contribution < 1.29 is 17.9 Å². The minimum atomic E-state index is -3.62. The van der Waals surface area contributed by atoms with Crippen molar-refractivity contribution in [2.24, 2.45) is 0 Å². The van der Waals surface area contributed by atoms with E-state index >= 15 is 0 Å². The van der Waals surface area contributed by atoms with Gasteiger partial charge >= 0.3 is 0 Å². The van der Waals surface area contributed by atoms with E-state index in [1.165, 1.54) is 25.2 Å². The van der Waals surface area contributed by atoms with Gasteiger partial charge in [0, 0.05) is 13.1 Å². The van der Waals surface area contributed by atoms with E-state index in [2.05, 4.69) is 4.72 Å². The number of carbonyl (C=O) groups excluding carboxylic acids is 1. The molecule has 1 saturated heterocycles. The second-order valence-electron chi connectivity index (χ2n) is 5.00. The number of benzene rings is 1. The van der Waals surface area contributed by atoms with Gasteiger partial charge in [-0.05, 0) is 31.7 Å². The standard InChI is InChI=1S/C14H19ClN2O4S/c1-3-10-9-17(6-7-21-10)14(18)12-8-11(4-5-13(12)15)22(19,20)16-2/h4-5,8,10,16H,3,6-7,9H2,1-2H3. The Bertz CT molecular complexity index is 663. The van der Waals surface area contributed by atoms with Crippen LogP contribution < -0.4 is 4.72 Å². The van der Waals surface area contributed by atoms with Crippen LogP contribution in [0.5, 0.6) is 0 Å². The van der Waals surface area contributed by atoms with Crippen molar-refractivity contribution in [1.82, 2.24) is 9.62 Å². The van der Waals surface area contributed by atoms with Gasteiger partial charge < -0.3 is 9.64 Å². The number of nitrogens with zero attached hydrogens (tertiary/aromatic N) is 1. The Hall–Kier alpha value is -1.15. The molecule has 2 rings (SSSR count). The lowest BCUT2D eigenvalue weighted by molar-refractivity contribution is -0.0226. The molecule has 1 aliphatic heterocycles. The molecule has 1 aromatic carbocycles. The summed E-state index contributed by atoms with van der Waals surface area (Å²) in [6, 6.07) is 4.11. The van der Waals surface area contributed by atoms with Crippen LogP contribution in [-0.4, -0.2) is 52.1 Å². The summed E-state index contributed by atoms with van der Waals surface area (Å²) in [6.45, 7) is 3.41. The predicted molar refractivity (Wildman–Crippen MR) is 83.6 cm³/mol. The van der Waals surface area contributed by atoms with Gasteiger partial charge in [0.05, 0.1) is 28.2 Å². The number of carbonyl (C=O) groups is 1. The van der Waals surface area contributed by atoms with Crippen molar-refractivity contribution in [3.63, 3.8) is 0 Å². The molecule has 0 bridgehead atoms. The zero-order valence-corrected chi connectivity index (χ0v) is 14.1. The molecule has 8 heteroatoms. The average molecular weight is 347 g/mol. The number of nitrogens with one attached hydrogen (secondary N) is 1. The Kier molecular flexibility index (Phi) is 5.44. The second kappa shape index (κ2) is 6.95. The van der Waals surface area contributed by atoms with Crippen LogP contribution in [0.4, 0.5) is 0 Å². The van der Waals surface area contributed by atoms with E-state index in [0.717, 1.165) is 6.42 Å². The Morgan fingerprint density at radius 2 is 2.23 bits per heavy atom. The maximum atomic E-state index is 12.6. The number of amides is 1. The number of morpholine rings is 1. The van der Waals surface area contributed by atoms with E-state index in [9.17, 15) is 13.2 Å². The molecule has 1 fully saturated rings. The fourth-order valence-electron chi connectivity index (χ4n) is 2.27. The van der Waals surface area contributed by atoms with Gasteiger partial charge in [-0.3, -0.25) is 4.79 Å². The van der Waals surface area contributed by atoms with Crippen LogP contribution in [0.25, 0.3) is 0 Å². The maximum Gasteiger partial charge on any atom is 0.255 e. The molecule has 22 heavy (non-hydrogen) atoms. The lowest BCUT2D eigenvalue weighted by Gasteiger charge is -2.32. The molecule has 6 nitrogen and oxygen atoms in total. The third kappa shape index (κ3) is 3.60. The van der Waals surface area contributed by atoms with Gasteiger partial charge in [-0.1, -0.05) is 18.5 Å². The normalized spacial score (nSPS) is 19.2. The predicted octanol–water partition coefficient (Wildman–Crippen LogP) is 1.50. The van der Waals surface area contributed by atoms with Crippen molar-refractivity contribution in [3.8, 4) is 0 Å². The van der Waals surface area contributed by atoms with Crippen molar-refractivity contribution >= 4 is 27.5 Å². The molecule has 0 spiro atoms. The van der Waals surface area contributed by atoms with Crippen LogP contribution >= 0.6 is 11.6 Å². The molecule has 0 radical (unpaired) electrons. The van der Waals surface area contributed by atoms with Gasteiger partial charge in [0.25, 0.3) is 5.91 Å². The summed E-state index contributed by atoms with van der Waals surface area (Å²) in [5.41, 5.74) is 0.190. The molecule has 1 unspecified atom stereocenters. The molecule has 1 aromatic rings. The molecule has 1 atom stereocenters. The van der Waals surface area contributed by atoms with E-state index in [-0.39, 0.29) is 27.5 Å². The van der Waals surface area contributed by atoms with Gasteiger partial charge in [-0.2, -0.15) is 0 Å². The largest absolute Gasteiger partial charge is 0.375 e. The van der Waals surface area contributed by atoms with Crippen LogP contribution in [0.15, 0.2) is 23.1 Å². The first-order valence-electron chi connectivity index (χ1n) is 7.03. The van der Waals surface area contributed by atoms with Crippen LogP contribution in [0, 0.1) is 0 Å². The highest BCUT2D eigenvalue weighted by Crippen LogP contribution is 2.23. The van der Waals surface area contributed by atoms with Gasteiger partial charge in [0.2, 0.25) is 10.0 Å². The first-order chi connectivity index (χ1) is 10.4. The Morgan fingerprint density at radius 3 is 2.86 bits per heavy atom. The zero-order valence-electron chi connectivity index (χ0n) is 12.5. The minimum Gasteiger partial charge on any atom is -0.375 e. The molecular weight excluding hydrogens is 328 g/mol. The summed E-state index contributed by atoms with van der Waals surface area (Å²) >= 11 is 6.08. The third-order valence-corrected chi connectivity index (χ3v) is 5.37. The van der Waals surface area contributed by atoms with Crippen LogP contribution in [0.3, 0.4) is 0 Å². The Morgan fingerprint density at radius 1 is 1.50 bits per heavy atom. The number of ether oxygens (including phenoxy) is 1. The molecule has 0 aromatic heterocycles. The number of rotatable bonds is 4. The van der Waals surface area contributed by atoms with Crippen molar-refractivity contribution in [2.45, 2.75) is 24.3 Å². The van der Waals surface area contributed by atoms with Crippen molar-refractivity contribution in [3.05, 3.63) is 28.8 Å². The lowest BCUT2D eigenvalue weighted by atomic mass is 10.1. The smallest absolute Gasteiger partial charge is 0.255 e. The summed E-state index contributed by atoms with van der Waals surface area (Å²) in [7, 11) is -2.30. The molecule has 1 N–H and O–H groups in total. The molecule has 1 aliphatic rings. The zero-order chi connectivity index (χ0) is 16.3. The quantitative estimate of drug-likeness (QED) is 0.896. The number of sulfonamides is 1. The van der Waals surface area contributed by atoms with Gasteiger partial charge in [0.15, 0.2) is 0 Å². The van der Waals surface area contributed by atoms with Gasteiger partial charge in [-0.25, -0.2) is 13.1 Å². The third-order valence-electron chi connectivity index (χ3n) is 3.63. The summed E-state index contributed by atoms with van der Waals surface area (Å²) < 4.78 is 31.5. The first-order valence-corrected chi connectivity index (χ1v) is 8.89. The molecule has 1 heterocycles. The van der Waals surface area contributed by atoms with E-state index in [0.29, 0.717) is 19.7 Å². The monoisotopic (exact) mass is 346 g/mol. The number of halogens is 1. The highest BCUT2D eigenvalue weighted by molar-refractivity contribution is 7.89. The van der Waals surface area contributed by atoms with Gasteiger partial charge in [0.1, 0.15) is 0 Å². The topological polar surface area (TPSA) is 75.7 Å². The minimum absolute atomic E-state index is 0.000647. The fourth-order valence-corrected chi connectivity index (χ4v) is 3.23. The van der Waals surface area contributed by atoms with E-state index < -0.39 is 10.0 Å². The van der Waals surface area contributed by atoms with Crippen LogP contribution in [0.1, 0.15) is 23.7 Å². The Balaban J connectivity index is 2.31. The average Bonchev–Trinajstić information content (AvgIpc) is 2.54. The van der Waals surface area contributed by atoms with Crippen LogP contribution in [0.2, 0.25) is 5.02 Å². The lowest BCUT2D eigenvalue weighted by Crippen LogP contribution is -2.45. The van der Waals surface area contributed by atoms with E-state index in [4.69, 9.17) is 16.3 Å². The maximum absolute atomic E-state index is 12.6. The highest BCUT2D eigenvalue weighted by Gasteiger charge is 2.26. The molecular formula is C14H19ClN2O4S. The Labute approximate surface area is 135 Å². The van der Waals surface area contributed by atoms with Crippen molar-refractivity contribution in [1.29, 1.82) is 0 Å². The summed E-state index contributed by atoms with van der Waals surface area (Å²) in [6.07, 6.45) is 0.812. The highest BCUT2D eigenvalue weighted by atomic mass is 35.5. The van der Waals surface area contributed by atoms with Gasteiger partial charge in [-0.15, -0.1) is 0 Å². The molecule has 0 aliphatic carbocycles. The summed E-state index contributed by atoms with van der Waals surface area (Å²) in [5, 5.41) is 0.236. The SMILES string of the molecule is CCC1CN(C(=O)c2cc(S(=O)(=O)NC)ccc2Cl)CCO1. The molecule has 1 amide bonds. The fraction of sp³-hybridized carbons (Fsp3) is 0.500. The molecule has 122 valence electrons. The number of hydrogen-bond donors (Lipinski definition) is 1. The first kappa shape index (κ1) is 17.2.